The lowest BCUT2D eigenvalue weighted by Crippen LogP contribution is -2.46. The Morgan fingerprint density at radius 2 is 0.964 bits per heavy atom. The fourth-order valence-corrected chi connectivity index (χ4v) is 7.33. The molecule has 0 rings (SSSR count). The van der Waals surface area contributed by atoms with E-state index in [2.05, 4.69) is 62.5 Å². The molecule has 6 heteroatoms. The van der Waals surface area contributed by atoms with Crippen LogP contribution in [0.15, 0.2) is 36.5 Å². The number of aliphatic hydroxyl groups is 2. The molecular weight excluding hydrogens is 695 g/mol. The monoisotopic (exact) mass is 788 g/mol. The molecule has 0 bridgehead atoms. The summed E-state index contributed by atoms with van der Waals surface area (Å²) in [6.45, 7) is 6.35. The van der Waals surface area contributed by atoms with Crippen LogP contribution in [0.4, 0.5) is 0 Å². The van der Waals surface area contributed by atoms with Gasteiger partial charge in [0.2, 0.25) is 5.91 Å². The van der Waals surface area contributed by atoms with Crippen LogP contribution in [0, 0.1) is 0 Å². The zero-order valence-electron chi connectivity index (χ0n) is 37.3. The fraction of sp³-hybridized carbons (Fsp3) is 0.840. The van der Waals surface area contributed by atoms with E-state index in [9.17, 15) is 19.8 Å². The van der Waals surface area contributed by atoms with Crippen molar-refractivity contribution in [1.82, 2.24) is 5.32 Å². The number of unbranched alkanes of at least 4 members (excludes halogenated alkanes) is 25. The van der Waals surface area contributed by atoms with Crippen molar-refractivity contribution < 1.29 is 24.5 Å². The quantitative estimate of drug-likeness (QED) is 0.0325. The van der Waals surface area contributed by atoms with Crippen LogP contribution in [0.25, 0.3) is 0 Å². The molecule has 6 nitrogen and oxygen atoms in total. The van der Waals surface area contributed by atoms with Crippen LogP contribution in [0.5, 0.6) is 0 Å². The van der Waals surface area contributed by atoms with Gasteiger partial charge in [-0.05, 0) is 57.8 Å². The van der Waals surface area contributed by atoms with Crippen LogP contribution in [0.2, 0.25) is 0 Å². The number of carbonyl (C=O) groups is 2. The summed E-state index contributed by atoms with van der Waals surface area (Å²) in [6.07, 6.45) is 50.6. The molecule has 0 aromatic carbocycles. The Kier molecular flexibility index (Phi) is 42.7. The minimum absolute atomic E-state index is 0.0718. The zero-order chi connectivity index (χ0) is 41.0. The molecule has 3 atom stereocenters. The van der Waals surface area contributed by atoms with E-state index in [0.717, 1.165) is 83.5 Å². The minimum atomic E-state index is -0.786. The third-order valence-corrected chi connectivity index (χ3v) is 11.0. The average molecular weight is 788 g/mol. The molecule has 56 heavy (non-hydrogen) atoms. The molecule has 0 fully saturated rings. The number of allylic oxidation sites excluding steroid dienone is 6. The number of rotatable bonds is 43. The van der Waals surface area contributed by atoms with Crippen molar-refractivity contribution in [2.75, 3.05) is 6.61 Å². The van der Waals surface area contributed by atoms with Crippen LogP contribution in [-0.4, -0.2) is 46.9 Å². The molecule has 1 amide bonds. The standard InChI is InChI=1S/C50H93NO5/c1-4-7-10-13-16-19-21-23-25-27-30-32-35-38-41-46(56-50(55)43-40-37-34-31-28-26-24-22-20-17-14-11-8-5-2)44-49(54)51-47(45-52)48(53)42-39-36-33-29-18-15-12-9-6-3/h8,11,17,20,24,26,46-48,52-53H,4-7,9-10,12-16,18-19,21-23,25,27-45H2,1-3H3,(H,51,54)/b11-8+,20-17+,26-24+. The normalized spacial score (nSPS) is 13.6. The van der Waals surface area contributed by atoms with Crippen LogP contribution in [-0.2, 0) is 14.3 Å². The highest BCUT2D eigenvalue weighted by Gasteiger charge is 2.24. The van der Waals surface area contributed by atoms with Gasteiger partial charge in [-0.3, -0.25) is 9.59 Å². The van der Waals surface area contributed by atoms with Gasteiger partial charge in [0.25, 0.3) is 0 Å². The van der Waals surface area contributed by atoms with Crippen LogP contribution >= 0.6 is 0 Å². The molecular formula is C50H93NO5. The van der Waals surface area contributed by atoms with Crippen molar-refractivity contribution in [2.24, 2.45) is 0 Å². The van der Waals surface area contributed by atoms with Crippen molar-refractivity contribution >= 4 is 11.9 Å². The number of hydrogen-bond acceptors (Lipinski definition) is 5. The van der Waals surface area contributed by atoms with Crippen molar-refractivity contribution in [3.05, 3.63) is 36.5 Å². The fourth-order valence-electron chi connectivity index (χ4n) is 7.33. The molecule has 0 aliphatic carbocycles. The number of hydrogen-bond donors (Lipinski definition) is 3. The second-order valence-corrected chi connectivity index (χ2v) is 16.5. The number of carbonyl (C=O) groups excluding carboxylic acids is 2. The topological polar surface area (TPSA) is 95.9 Å². The maximum atomic E-state index is 13.1. The summed E-state index contributed by atoms with van der Waals surface area (Å²) < 4.78 is 5.91. The highest BCUT2D eigenvalue weighted by molar-refractivity contribution is 5.77. The van der Waals surface area contributed by atoms with Gasteiger partial charge in [0.15, 0.2) is 0 Å². The molecule has 0 aliphatic heterocycles. The number of nitrogens with one attached hydrogen (secondary N) is 1. The first-order valence-corrected chi connectivity index (χ1v) is 24.2. The Balaban J connectivity index is 4.60. The van der Waals surface area contributed by atoms with E-state index >= 15 is 0 Å². The van der Waals surface area contributed by atoms with Gasteiger partial charge in [-0.2, -0.15) is 0 Å². The van der Waals surface area contributed by atoms with Crippen LogP contribution in [0.1, 0.15) is 245 Å². The zero-order valence-corrected chi connectivity index (χ0v) is 37.3. The van der Waals surface area contributed by atoms with E-state index in [4.69, 9.17) is 4.74 Å². The summed E-state index contributed by atoms with van der Waals surface area (Å²) in [5.41, 5.74) is 0. The average Bonchev–Trinajstić information content (AvgIpc) is 3.19. The van der Waals surface area contributed by atoms with E-state index in [-0.39, 0.29) is 24.9 Å². The number of ether oxygens (including phenoxy) is 1. The maximum Gasteiger partial charge on any atom is 0.306 e. The molecule has 328 valence electrons. The van der Waals surface area contributed by atoms with Gasteiger partial charge in [0.05, 0.1) is 25.2 Å². The van der Waals surface area contributed by atoms with E-state index in [1.807, 2.05) is 0 Å². The van der Waals surface area contributed by atoms with E-state index in [0.29, 0.717) is 19.3 Å². The van der Waals surface area contributed by atoms with Gasteiger partial charge in [-0.25, -0.2) is 0 Å². The molecule has 3 unspecified atom stereocenters. The van der Waals surface area contributed by atoms with E-state index in [1.165, 1.54) is 116 Å². The highest BCUT2D eigenvalue weighted by atomic mass is 16.5. The summed E-state index contributed by atoms with van der Waals surface area (Å²) in [6, 6.07) is -0.701. The van der Waals surface area contributed by atoms with Gasteiger partial charge in [-0.1, -0.05) is 211 Å². The van der Waals surface area contributed by atoms with Gasteiger partial charge >= 0.3 is 5.97 Å². The van der Waals surface area contributed by atoms with Gasteiger partial charge in [0.1, 0.15) is 6.10 Å². The van der Waals surface area contributed by atoms with Crippen molar-refractivity contribution in [2.45, 2.75) is 264 Å². The predicted molar refractivity (Wildman–Crippen MR) is 241 cm³/mol. The van der Waals surface area contributed by atoms with Gasteiger partial charge in [-0.15, -0.1) is 0 Å². The Morgan fingerprint density at radius 3 is 1.46 bits per heavy atom. The van der Waals surface area contributed by atoms with Crippen molar-refractivity contribution in [3.8, 4) is 0 Å². The summed E-state index contributed by atoms with van der Waals surface area (Å²) in [7, 11) is 0. The van der Waals surface area contributed by atoms with Crippen molar-refractivity contribution in [1.29, 1.82) is 0 Å². The Labute approximate surface area is 347 Å². The Morgan fingerprint density at radius 1 is 0.536 bits per heavy atom. The summed E-state index contributed by atoms with van der Waals surface area (Å²) in [5.74, 6) is -0.493. The number of esters is 1. The predicted octanol–water partition coefficient (Wildman–Crippen LogP) is 14.1. The Bertz CT molecular complexity index is 930. The lowest BCUT2D eigenvalue weighted by atomic mass is 10.0. The molecule has 0 radical (unpaired) electrons. The molecule has 0 aromatic rings. The molecule has 0 heterocycles. The van der Waals surface area contributed by atoms with Gasteiger partial charge in [0, 0.05) is 6.42 Å². The first-order valence-electron chi connectivity index (χ1n) is 24.2. The highest BCUT2D eigenvalue weighted by Crippen LogP contribution is 2.18. The maximum absolute atomic E-state index is 13.1. The number of amides is 1. The second-order valence-electron chi connectivity index (χ2n) is 16.5. The minimum Gasteiger partial charge on any atom is -0.462 e. The largest absolute Gasteiger partial charge is 0.462 e. The smallest absolute Gasteiger partial charge is 0.306 e. The van der Waals surface area contributed by atoms with E-state index < -0.39 is 18.2 Å². The molecule has 3 N–H and O–H groups in total. The van der Waals surface area contributed by atoms with Crippen LogP contribution in [0.3, 0.4) is 0 Å². The summed E-state index contributed by atoms with van der Waals surface area (Å²) >= 11 is 0. The molecule has 0 spiro atoms. The SMILES string of the molecule is CC/C=C/C/C=C/C/C=C/CCCCCCC(=O)OC(CCCCCCCCCCCCCCCC)CC(=O)NC(CO)C(O)CCCCCCCCCCC. The first kappa shape index (κ1) is 54.1. The summed E-state index contributed by atoms with van der Waals surface area (Å²) in [4.78, 5) is 26.0. The lowest BCUT2D eigenvalue weighted by Gasteiger charge is -2.24. The third kappa shape index (κ3) is 38.9. The first-order chi connectivity index (χ1) is 27.5. The summed E-state index contributed by atoms with van der Waals surface area (Å²) in [5, 5.41) is 23.6. The van der Waals surface area contributed by atoms with E-state index in [1.54, 1.807) is 0 Å². The van der Waals surface area contributed by atoms with Crippen LogP contribution < -0.4 is 5.32 Å². The Hall–Kier alpha value is -1.92. The molecule has 0 saturated heterocycles. The molecule has 0 aliphatic rings. The third-order valence-electron chi connectivity index (χ3n) is 11.0. The number of aliphatic hydroxyl groups excluding tert-OH is 2. The van der Waals surface area contributed by atoms with Gasteiger partial charge < -0.3 is 20.3 Å². The molecule has 0 saturated carbocycles. The second kappa shape index (κ2) is 44.2. The van der Waals surface area contributed by atoms with Crippen molar-refractivity contribution in [3.63, 3.8) is 0 Å². The lowest BCUT2D eigenvalue weighted by molar-refractivity contribution is -0.151. The molecule has 0 aromatic heterocycles.